The van der Waals surface area contributed by atoms with E-state index in [4.69, 9.17) is 9.47 Å². The van der Waals surface area contributed by atoms with Gasteiger partial charge in [0.2, 0.25) is 0 Å². The molecule has 15 heavy (non-hydrogen) atoms. The summed E-state index contributed by atoms with van der Waals surface area (Å²) in [6.07, 6.45) is 4.25. The molecule has 0 aromatic heterocycles. The molecule has 2 nitrogen and oxygen atoms in total. The van der Waals surface area contributed by atoms with Crippen LogP contribution in [0.2, 0.25) is 0 Å². The highest BCUT2D eigenvalue weighted by molar-refractivity contribution is 5.50. The molecule has 0 amide bonds. The third-order valence-corrected chi connectivity index (χ3v) is 2.42. The number of aryl methyl sites for hydroxylation is 1. The standard InChI is InChI=1S/C13H16O2/c1-11-2-4-12(5-3-11)6-7-13-10-14-8-9-15-13/h2-7,13H,8-10H2,1H3/b7-6+. The molecule has 1 aliphatic heterocycles. The van der Waals surface area contributed by atoms with Crippen LogP contribution >= 0.6 is 0 Å². The highest BCUT2D eigenvalue weighted by Crippen LogP contribution is 2.08. The zero-order chi connectivity index (χ0) is 10.5. The molecule has 0 aliphatic carbocycles. The highest BCUT2D eigenvalue weighted by atomic mass is 16.6. The van der Waals surface area contributed by atoms with Crippen molar-refractivity contribution in [3.63, 3.8) is 0 Å². The van der Waals surface area contributed by atoms with Crippen LogP contribution in [0.5, 0.6) is 0 Å². The zero-order valence-electron chi connectivity index (χ0n) is 8.98. The van der Waals surface area contributed by atoms with Crippen LogP contribution in [-0.4, -0.2) is 25.9 Å². The van der Waals surface area contributed by atoms with Crippen molar-refractivity contribution in [3.8, 4) is 0 Å². The normalized spacial score (nSPS) is 22.1. The first-order valence-corrected chi connectivity index (χ1v) is 5.29. The lowest BCUT2D eigenvalue weighted by Crippen LogP contribution is -2.26. The van der Waals surface area contributed by atoms with Crippen molar-refractivity contribution in [2.45, 2.75) is 13.0 Å². The van der Waals surface area contributed by atoms with Gasteiger partial charge in [0.05, 0.1) is 25.9 Å². The Bertz CT molecular complexity index is 321. The first-order chi connectivity index (χ1) is 7.34. The Balaban J connectivity index is 1.95. The van der Waals surface area contributed by atoms with Crippen molar-refractivity contribution in [2.24, 2.45) is 0 Å². The summed E-state index contributed by atoms with van der Waals surface area (Å²) in [7, 11) is 0. The van der Waals surface area contributed by atoms with Gasteiger partial charge in [-0.15, -0.1) is 0 Å². The number of ether oxygens (including phenoxy) is 2. The molecule has 2 heteroatoms. The molecule has 1 saturated heterocycles. The quantitative estimate of drug-likeness (QED) is 0.736. The summed E-state index contributed by atoms with van der Waals surface area (Å²) in [6, 6.07) is 8.43. The average molecular weight is 204 g/mol. The fourth-order valence-electron chi connectivity index (χ4n) is 1.51. The summed E-state index contributed by atoms with van der Waals surface area (Å²) >= 11 is 0. The third kappa shape index (κ3) is 3.18. The Morgan fingerprint density at radius 2 is 2.00 bits per heavy atom. The lowest BCUT2D eigenvalue weighted by molar-refractivity contribution is -0.0672. The summed E-state index contributed by atoms with van der Waals surface area (Å²) in [5.41, 5.74) is 2.49. The molecule has 1 atom stereocenters. The average Bonchev–Trinajstić information content (AvgIpc) is 2.30. The smallest absolute Gasteiger partial charge is 0.0993 e. The van der Waals surface area contributed by atoms with Crippen LogP contribution in [0.4, 0.5) is 0 Å². The van der Waals surface area contributed by atoms with Gasteiger partial charge in [0.1, 0.15) is 0 Å². The monoisotopic (exact) mass is 204 g/mol. The summed E-state index contributed by atoms with van der Waals surface area (Å²) in [5, 5.41) is 0. The molecule has 1 aliphatic rings. The third-order valence-electron chi connectivity index (χ3n) is 2.42. The fourth-order valence-corrected chi connectivity index (χ4v) is 1.51. The summed E-state index contributed by atoms with van der Waals surface area (Å²) in [5.74, 6) is 0. The molecule has 0 saturated carbocycles. The van der Waals surface area contributed by atoms with Gasteiger partial charge in [-0.3, -0.25) is 0 Å². The van der Waals surface area contributed by atoms with E-state index in [1.54, 1.807) is 0 Å². The summed E-state index contributed by atoms with van der Waals surface area (Å²) < 4.78 is 10.8. The number of hydrogen-bond acceptors (Lipinski definition) is 2. The molecule has 0 radical (unpaired) electrons. The van der Waals surface area contributed by atoms with Crippen molar-refractivity contribution < 1.29 is 9.47 Å². The van der Waals surface area contributed by atoms with Crippen molar-refractivity contribution in [3.05, 3.63) is 41.5 Å². The van der Waals surface area contributed by atoms with Crippen LogP contribution in [0.15, 0.2) is 30.3 Å². The molecule has 1 aromatic carbocycles. The first-order valence-electron chi connectivity index (χ1n) is 5.29. The van der Waals surface area contributed by atoms with Gasteiger partial charge in [-0.05, 0) is 12.5 Å². The Morgan fingerprint density at radius 1 is 1.20 bits per heavy atom. The van der Waals surface area contributed by atoms with Crippen molar-refractivity contribution in [2.75, 3.05) is 19.8 Å². The van der Waals surface area contributed by atoms with E-state index in [1.807, 2.05) is 0 Å². The minimum atomic E-state index is 0.111. The van der Waals surface area contributed by atoms with Crippen LogP contribution < -0.4 is 0 Å². The predicted octanol–water partition coefficient (Wildman–Crippen LogP) is 2.42. The molecular weight excluding hydrogens is 188 g/mol. The fraction of sp³-hybridized carbons (Fsp3) is 0.385. The van der Waals surface area contributed by atoms with Gasteiger partial charge in [-0.25, -0.2) is 0 Å². The maximum absolute atomic E-state index is 5.51. The molecule has 1 unspecified atom stereocenters. The molecule has 80 valence electrons. The van der Waals surface area contributed by atoms with E-state index in [1.165, 1.54) is 11.1 Å². The Labute approximate surface area is 90.5 Å². The van der Waals surface area contributed by atoms with Gasteiger partial charge in [0.15, 0.2) is 0 Å². The molecule has 0 spiro atoms. The van der Waals surface area contributed by atoms with E-state index < -0.39 is 0 Å². The number of hydrogen-bond donors (Lipinski definition) is 0. The van der Waals surface area contributed by atoms with Crippen LogP contribution in [0.1, 0.15) is 11.1 Å². The van der Waals surface area contributed by atoms with Gasteiger partial charge in [0.25, 0.3) is 0 Å². The van der Waals surface area contributed by atoms with E-state index in [0.29, 0.717) is 13.2 Å². The molecule has 2 rings (SSSR count). The van der Waals surface area contributed by atoms with E-state index in [9.17, 15) is 0 Å². The number of rotatable bonds is 2. The topological polar surface area (TPSA) is 18.5 Å². The molecule has 1 aromatic rings. The second-order valence-electron chi connectivity index (χ2n) is 3.75. The van der Waals surface area contributed by atoms with E-state index in [-0.39, 0.29) is 6.10 Å². The van der Waals surface area contributed by atoms with Gasteiger partial charge < -0.3 is 9.47 Å². The number of benzene rings is 1. The molecule has 0 N–H and O–H groups in total. The van der Waals surface area contributed by atoms with Gasteiger partial charge in [-0.1, -0.05) is 42.0 Å². The van der Waals surface area contributed by atoms with E-state index in [0.717, 1.165) is 6.61 Å². The zero-order valence-corrected chi connectivity index (χ0v) is 8.98. The molecule has 1 fully saturated rings. The largest absolute Gasteiger partial charge is 0.376 e. The second-order valence-corrected chi connectivity index (χ2v) is 3.75. The second kappa shape index (κ2) is 5.10. The predicted molar refractivity (Wildman–Crippen MR) is 60.8 cm³/mol. The van der Waals surface area contributed by atoms with E-state index in [2.05, 4.69) is 43.3 Å². The van der Waals surface area contributed by atoms with Crippen LogP contribution in [-0.2, 0) is 9.47 Å². The van der Waals surface area contributed by atoms with Crippen LogP contribution in [0.3, 0.4) is 0 Å². The van der Waals surface area contributed by atoms with Crippen molar-refractivity contribution in [1.29, 1.82) is 0 Å². The minimum Gasteiger partial charge on any atom is -0.376 e. The SMILES string of the molecule is Cc1ccc(/C=C/C2COCCO2)cc1. The highest BCUT2D eigenvalue weighted by Gasteiger charge is 2.09. The molecular formula is C13H16O2. The lowest BCUT2D eigenvalue weighted by atomic mass is 10.1. The summed E-state index contributed by atoms with van der Waals surface area (Å²) in [6.45, 7) is 4.17. The maximum atomic E-state index is 5.51. The van der Waals surface area contributed by atoms with Crippen molar-refractivity contribution >= 4 is 6.08 Å². The first kappa shape index (κ1) is 10.4. The molecule has 0 bridgehead atoms. The van der Waals surface area contributed by atoms with E-state index >= 15 is 0 Å². The van der Waals surface area contributed by atoms with Gasteiger partial charge in [0, 0.05) is 0 Å². The maximum Gasteiger partial charge on any atom is 0.0993 e. The lowest BCUT2D eigenvalue weighted by Gasteiger charge is -2.19. The minimum absolute atomic E-state index is 0.111. The van der Waals surface area contributed by atoms with Gasteiger partial charge in [-0.2, -0.15) is 0 Å². The molecule has 1 heterocycles. The van der Waals surface area contributed by atoms with Crippen LogP contribution in [0, 0.1) is 6.92 Å². The Morgan fingerprint density at radius 3 is 2.67 bits per heavy atom. The van der Waals surface area contributed by atoms with Crippen LogP contribution in [0.25, 0.3) is 6.08 Å². The summed E-state index contributed by atoms with van der Waals surface area (Å²) in [4.78, 5) is 0. The Kier molecular flexibility index (Phi) is 3.54. The Hall–Kier alpha value is -1.12. The van der Waals surface area contributed by atoms with Crippen molar-refractivity contribution in [1.82, 2.24) is 0 Å². The van der Waals surface area contributed by atoms with Gasteiger partial charge >= 0.3 is 0 Å².